The van der Waals surface area contributed by atoms with E-state index in [1.54, 1.807) is 25.3 Å². The van der Waals surface area contributed by atoms with Gasteiger partial charge >= 0.3 is 5.69 Å². The molecule has 1 atom stereocenters. The van der Waals surface area contributed by atoms with Crippen LogP contribution in [0, 0.1) is 20.2 Å². The van der Waals surface area contributed by atoms with E-state index in [1.165, 1.54) is 24.3 Å². The predicted octanol–water partition coefficient (Wildman–Crippen LogP) is 3.85. The van der Waals surface area contributed by atoms with Gasteiger partial charge in [0.15, 0.2) is 0 Å². The van der Waals surface area contributed by atoms with Gasteiger partial charge in [-0.2, -0.15) is 0 Å². The molecule has 1 unspecified atom stereocenters. The number of aldehydes is 1. The molecule has 2 aliphatic rings. The minimum Gasteiger partial charge on any atom is -0.456 e. The number of likely N-dealkylation sites (N-methyl/N-ethyl adjacent to an activating group) is 1. The van der Waals surface area contributed by atoms with Crippen LogP contribution in [0.3, 0.4) is 0 Å². The van der Waals surface area contributed by atoms with E-state index in [0.29, 0.717) is 17.4 Å². The van der Waals surface area contributed by atoms with Crippen LogP contribution in [0.15, 0.2) is 36.4 Å². The molecule has 148 valence electrons. The topological polar surface area (TPSA) is 116 Å². The summed E-state index contributed by atoms with van der Waals surface area (Å²) in [6.07, 6.45) is 4.02. The van der Waals surface area contributed by atoms with Crippen molar-refractivity contribution < 1.29 is 19.4 Å². The number of non-ortho nitro benzene ring substituents is 1. The summed E-state index contributed by atoms with van der Waals surface area (Å²) in [4.78, 5) is 34.8. The highest BCUT2D eigenvalue weighted by Crippen LogP contribution is 2.56. The zero-order valence-corrected chi connectivity index (χ0v) is 15.9. The molecular formula is C20H17N3O6. The fourth-order valence-corrected chi connectivity index (χ4v) is 4.23. The Hall–Kier alpha value is -3.75. The normalized spacial score (nSPS) is 20.7. The molecule has 0 fully saturated rings. The number of carbonyl (C=O) groups excluding carboxylic acids is 1. The number of nitrogens with zero attached hydrogens (tertiary/aromatic N) is 3. The SMILES string of the molecule is CN1c2ccc([N+](=O)[O-])cc2C(C)(C)C12C=Cc1cc(C=O)cc([N+](=O)[O-])c1O2. The Kier molecular flexibility index (Phi) is 3.77. The third-order valence-corrected chi connectivity index (χ3v) is 5.82. The average molecular weight is 395 g/mol. The van der Waals surface area contributed by atoms with Crippen molar-refractivity contribution in [1.82, 2.24) is 0 Å². The molecule has 0 aromatic heterocycles. The predicted molar refractivity (Wildman–Crippen MR) is 105 cm³/mol. The van der Waals surface area contributed by atoms with Crippen molar-refractivity contribution >= 4 is 29.4 Å². The Morgan fingerprint density at radius 3 is 2.45 bits per heavy atom. The Bertz CT molecular complexity index is 1120. The summed E-state index contributed by atoms with van der Waals surface area (Å²) in [6, 6.07) is 7.29. The molecular weight excluding hydrogens is 378 g/mol. The molecule has 4 rings (SSSR count). The van der Waals surface area contributed by atoms with Crippen LogP contribution in [0.5, 0.6) is 5.75 Å². The number of nitro groups is 2. The molecule has 2 aromatic rings. The van der Waals surface area contributed by atoms with Crippen LogP contribution in [-0.2, 0) is 5.41 Å². The fraction of sp³-hybridized carbons (Fsp3) is 0.250. The largest absolute Gasteiger partial charge is 0.456 e. The van der Waals surface area contributed by atoms with E-state index < -0.39 is 21.0 Å². The number of hydrogen-bond donors (Lipinski definition) is 0. The maximum atomic E-state index is 11.6. The number of ether oxygens (including phenoxy) is 1. The standard InChI is InChI=1S/C20H17N3O6/c1-19(2)15-10-14(22(25)26)4-5-16(15)21(3)20(19)7-6-13-8-12(11-24)9-17(23(27)28)18(13)29-20/h4-11H,1-3H3. The molecule has 9 heteroatoms. The van der Waals surface area contributed by atoms with Gasteiger partial charge in [-0.05, 0) is 43.7 Å². The molecule has 1 spiro atoms. The lowest BCUT2D eigenvalue weighted by Crippen LogP contribution is -2.58. The van der Waals surface area contributed by atoms with Crippen molar-refractivity contribution in [3.05, 3.63) is 73.3 Å². The first-order valence-corrected chi connectivity index (χ1v) is 8.81. The van der Waals surface area contributed by atoms with Gasteiger partial charge in [0.1, 0.15) is 6.29 Å². The van der Waals surface area contributed by atoms with Crippen molar-refractivity contribution in [2.24, 2.45) is 0 Å². The molecule has 29 heavy (non-hydrogen) atoms. The number of hydrogen-bond acceptors (Lipinski definition) is 7. The molecule has 0 aliphatic carbocycles. The highest BCUT2D eigenvalue weighted by atomic mass is 16.6. The molecule has 2 aromatic carbocycles. The van der Waals surface area contributed by atoms with Crippen molar-refractivity contribution in [2.45, 2.75) is 25.0 Å². The molecule has 0 saturated heterocycles. The van der Waals surface area contributed by atoms with Gasteiger partial charge < -0.3 is 9.64 Å². The lowest BCUT2D eigenvalue weighted by atomic mass is 9.76. The van der Waals surface area contributed by atoms with Gasteiger partial charge in [0.25, 0.3) is 5.69 Å². The van der Waals surface area contributed by atoms with Crippen LogP contribution in [-0.4, -0.2) is 28.9 Å². The van der Waals surface area contributed by atoms with Crippen LogP contribution in [0.1, 0.15) is 35.3 Å². The van der Waals surface area contributed by atoms with E-state index in [1.807, 2.05) is 18.7 Å². The fourth-order valence-electron chi connectivity index (χ4n) is 4.23. The molecule has 9 nitrogen and oxygen atoms in total. The summed E-state index contributed by atoms with van der Waals surface area (Å²) in [5.41, 5.74) is -0.200. The lowest BCUT2D eigenvalue weighted by molar-refractivity contribution is -0.386. The minimum atomic E-state index is -1.13. The zero-order valence-electron chi connectivity index (χ0n) is 15.9. The van der Waals surface area contributed by atoms with E-state index >= 15 is 0 Å². The molecule has 2 heterocycles. The van der Waals surface area contributed by atoms with Gasteiger partial charge in [-0.1, -0.05) is 0 Å². The Morgan fingerprint density at radius 1 is 1.10 bits per heavy atom. The maximum absolute atomic E-state index is 11.6. The summed E-state index contributed by atoms with van der Waals surface area (Å²) in [5, 5.41) is 22.9. The molecule has 0 radical (unpaired) electrons. The van der Waals surface area contributed by atoms with Crippen molar-refractivity contribution in [1.29, 1.82) is 0 Å². The van der Waals surface area contributed by atoms with E-state index in [0.717, 1.165) is 5.69 Å². The third-order valence-electron chi connectivity index (χ3n) is 5.82. The molecule has 2 aliphatic heterocycles. The zero-order chi connectivity index (χ0) is 21.1. The molecule has 0 saturated carbocycles. The lowest BCUT2D eigenvalue weighted by Gasteiger charge is -2.45. The first-order chi connectivity index (χ1) is 13.6. The summed E-state index contributed by atoms with van der Waals surface area (Å²) in [5.74, 6) is 0.0605. The Morgan fingerprint density at radius 2 is 1.83 bits per heavy atom. The first-order valence-electron chi connectivity index (χ1n) is 8.81. The monoisotopic (exact) mass is 395 g/mol. The van der Waals surface area contributed by atoms with Crippen molar-refractivity contribution in [3.8, 4) is 5.75 Å². The molecule has 0 N–H and O–H groups in total. The van der Waals surface area contributed by atoms with Gasteiger partial charge in [-0.3, -0.25) is 25.0 Å². The second kappa shape index (κ2) is 5.87. The van der Waals surface area contributed by atoms with Gasteiger partial charge in [0, 0.05) is 42.1 Å². The number of carbonyl (C=O) groups is 1. The van der Waals surface area contributed by atoms with Crippen molar-refractivity contribution in [2.75, 3.05) is 11.9 Å². The Labute approximate surface area is 165 Å². The van der Waals surface area contributed by atoms with E-state index in [4.69, 9.17) is 4.74 Å². The van der Waals surface area contributed by atoms with Crippen LogP contribution in [0.2, 0.25) is 0 Å². The van der Waals surface area contributed by atoms with Gasteiger partial charge in [0.05, 0.1) is 15.3 Å². The number of rotatable bonds is 3. The van der Waals surface area contributed by atoms with Crippen LogP contribution in [0.4, 0.5) is 17.1 Å². The van der Waals surface area contributed by atoms with E-state index in [2.05, 4.69) is 0 Å². The second-order valence-corrected chi connectivity index (χ2v) is 7.61. The van der Waals surface area contributed by atoms with Gasteiger partial charge in [0.2, 0.25) is 11.5 Å². The number of fused-ring (bicyclic) bond motifs is 2. The summed E-state index contributed by atoms with van der Waals surface area (Å²) in [7, 11) is 1.78. The average Bonchev–Trinajstić information content (AvgIpc) is 2.85. The number of nitro benzene ring substituents is 2. The highest BCUT2D eigenvalue weighted by molar-refractivity contribution is 5.83. The highest BCUT2D eigenvalue weighted by Gasteiger charge is 2.58. The third kappa shape index (κ3) is 2.36. The molecule has 0 amide bonds. The second-order valence-electron chi connectivity index (χ2n) is 7.61. The van der Waals surface area contributed by atoms with Crippen LogP contribution >= 0.6 is 0 Å². The quantitative estimate of drug-likeness (QED) is 0.440. The summed E-state index contributed by atoms with van der Waals surface area (Å²) < 4.78 is 6.29. The van der Waals surface area contributed by atoms with Gasteiger partial charge in [-0.25, -0.2) is 0 Å². The smallest absolute Gasteiger partial charge is 0.312 e. The van der Waals surface area contributed by atoms with Crippen molar-refractivity contribution in [3.63, 3.8) is 0 Å². The van der Waals surface area contributed by atoms with Crippen LogP contribution in [0.25, 0.3) is 6.08 Å². The number of anilines is 1. The number of benzene rings is 2. The maximum Gasteiger partial charge on any atom is 0.312 e. The van der Waals surface area contributed by atoms with E-state index in [9.17, 15) is 25.0 Å². The molecule has 0 bridgehead atoms. The van der Waals surface area contributed by atoms with E-state index in [-0.39, 0.29) is 22.7 Å². The Balaban J connectivity index is 1.91. The van der Waals surface area contributed by atoms with Crippen LogP contribution < -0.4 is 9.64 Å². The first kappa shape index (κ1) is 18.6. The summed E-state index contributed by atoms with van der Waals surface area (Å²) in [6.45, 7) is 3.75. The minimum absolute atomic E-state index is 0.0379. The van der Waals surface area contributed by atoms with Gasteiger partial charge in [-0.15, -0.1) is 0 Å². The summed E-state index contributed by atoms with van der Waals surface area (Å²) >= 11 is 0.